The van der Waals surface area contributed by atoms with Gasteiger partial charge in [-0.3, -0.25) is 0 Å². The zero-order valence-electron chi connectivity index (χ0n) is 11.1. The molecule has 0 heterocycles. The monoisotopic (exact) mass is 250 g/mol. The highest BCUT2D eigenvalue weighted by molar-refractivity contribution is 7.90. The predicted molar refractivity (Wildman–Crippen MR) is 69.0 cm³/mol. The Labute approximate surface area is 100 Å². The van der Waals surface area contributed by atoms with Crippen LogP contribution in [0, 0.1) is 5.92 Å². The Morgan fingerprint density at radius 1 is 1.06 bits per heavy atom. The minimum absolute atomic E-state index is 0.312. The van der Waals surface area contributed by atoms with E-state index in [0.717, 1.165) is 6.42 Å². The Hall–Kier alpha value is -0.130. The quantitative estimate of drug-likeness (QED) is 0.683. The molecule has 98 valence electrons. The van der Waals surface area contributed by atoms with Crippen LogP contribution in [0.5, 0.6) is 0 Å². The third kappa shape index (κ3) is 6.45. The number of sulfonamides is 1. The summed E-state index contributed by atoms with van der Waals surface area (Å²) in [5, 5.41) is 2.74. The molecule has 0 saturated heterocycles. The van der Waals surface area contributed by atoms with Crippen molar-refractivity contribution in [1.29, 1.82) is 0 Å². The van der Waals surface area contributed by atoms with Crippen LogP contribution in [0.2, 0.25) is 0 Å². The summed E-state index contributed by atoms with van der Waals surface area (Å²) in [6.45, 7) is 10.9. The van der Waals surface area contributed by atoms with Gasteiger partial charge in [-0.1, -0.05) is 34.1 Å². The first-order valence-corrected chi connectivity index (χ1v) is 7.56. The van der Waals surface area contributed by atoms with Gasteiger partial charge >= 0.3 is 0 Å². The lowest BCUT2D eigenvalue weighted by Gasteiger charge is -2.17. The molecule has 0 fully saturated rings. The van der Waals surface area contributed by atoms with Crippen LogP contribution in [0.25, 0.3) is 0 Å². The molecule has 0 rings (SSSR count). The van der Waals surface area contributed by atoms with Gasteiger partial charge in [0.1, 0.15) is 0 Å². The number of rotatable bonds is 8. The van der Waals surface area contributed by atoms with E-state index < -0.39 is 10.0 Å². The summed E-state index contributed by atoms with van der Waals surface area (Å²) >= 11 is 0. The van der Waals surface area contributed by atoms with E-state index in [2.05, 4.69) is 17.0 Å². The van der Waals surface area contributed by atoms with Crippen molar-refractivity contribution in [3.05, 3.63) is 0 Å². The molecular formula is C11H26N2O2S. The molecule has 0 radical (unpaired) electrons. The molecule has 2 atom stereocenters. The van der Waals surface area contributed by atoms with Gasteiger partial charge in [-0.25, -0.2) is 13.1 Å². The smallest absolute Gasteiger partial charge is 0.215 e. The molecule has 0 aromatic heterocycles. The third-order valence-electron chi connectivity index (χ3n) is 2.67. The molecule has 0 bridgehead atoms. The Bertz CT molecular complexity index is 276. The van der Waals surface area contributed by atoms with E-state index in [1.54, 1.807) is 6.92 Å². The Morgan fingerprint density at radius 3 is 2.06 bits per heavy atom. The fourth-order valence-corrected chi connectivity index (χ4v) is 2.17. The second-order valence-corrected chi connectivity index (χ2v) is 6.96. The first-order chi connectivity index (χ1) is 7.29. The average molecular weight is 250 g/mol. The molecule has 0 aliphatic heterocycles. The highest BCUT2D eigenvalue weighted by atomic mass is 32.2. The van der Waals surface area contributed by atoms with Crippen molar-refractivity contribution in [1.82, 2.24) is 10.0 Å². The molecule has 4 nitrogen and oxygen atoms in total. The fourth-order valence-electron chi connectivity index (χ4n) is 1.06. The summed E-state index contributed by atoms with van der Waals surface area (Å²) in [7, 11) is -3.17. The summed E-state index contributed by atoms with van der Waals surface area (Å²) in [4.78, 5) is 0. The van der Waals surface area contributed by atoms with Crippen molar-refractivity contribution in [3.8, 4) is 0 Å². The third-order valence-corrected chi connectivity index (χ3v) is 4.47. The van der Waals surface area contributed by atoms with Crippen LogP contribution in [-0.2, 0) is 10.0 Å². The largest absolute Gasteiger partial charge is 0.313 e. The molecule has 16 heavy (non-hydrogen) atoms. The minimum Gasteiger partial charge on any atom is -0.313 e. The summed E-state index contributed by atoms with van der Waals surface area (Å²) in [6, 6.07) is 0.312. The summed E-state index contributed by atoms with van der Waals surface area (Å²) in [5.74, 6) is 0.389. The summed E-state index contributed by atoms with van der Waals surface area (Å²) in [6.07, 6.45) is 0.987. The van der Waals surface area contributed by atoms with Crippen LogP contribution in [0.3, 0.4) is 0 Å². The number of nitrogens with one attached hydrogen (secondary N) is 2. The normalized spacial score (nSPS) is 16.4. The molecule has 0 aromatic carbocycles. The Kier molecular flexibility index (Phi) is 7.19. The molecule has 0 amide bonds. The van der Waals surface area contributed by atoms with Gasteiger partial charge in [0.2, 0.25) is 10.0 Å². The SMILES string of the molecule is CCC(C)CNS(=O)(=O)C(C)CNC(C)C. The van der Waals surface area contributed by atoms with Gasteiger partial charge in [-0.05, 0) is 12.8 Å². The standard InChI is InChI=1S/C11H26N2O2S/c1-6-10(4)7-13-16(14,15)11(5)8-12-9(2)3/h9-13H,6-8H2,1-5H3. The van der Waals surface area contributed by atoms with E-state index in [4.69, 9.17) is 0 Å². The molecule has 0 aliphatic rings. The van der Waals surface area contributed by atoms with Crippen molar-refractivity contribution in [2.24, 2.45) is 5.92 Å². The summed E-state index contributed by atoms with van der Waals surface area (Å²) < 4.78 is 26.3. The molecule has 0 aromatic rings. The predicted octanol–water partition coefficient (Wildman–Crippen LogP) is 1.34. The van der Waals surface area contributed by atoms with E-state index in [-0.39, 0.29) is 5.25 Å². The van der Waals surface area contributed by atoms with E-state index in [1.807, 2.05) is 20.8 Å². The average Bonchev–Trinajstić information content (AvgIpc) is 2.22. The van der Waals surface area contributed by atoms with Crippen LogP contribution in [0.15, 0.2) is 0 Å². The van der Waals surface area contributed by atoms with Crippen molar-refractivity contribution in [2.75, 3.05) is 13.1 Å². The van der Waals surface area contributed by atoms with E-state index >= 15 is 0 Å². The zero-order valence-corrected chi connectivity index (χ0v) is 11.9. The van der Waals surface area contributed by atoms with Crippen LogP contribution in [0.4, 0.5) is 0 Å². The van der Waals surface area contributed by atoms with Crippen LogP contribution >= 0.6 is 0 Å². The number of hydrogen-bond donors (Lipinski definition) is 2. The molecule has 0 saturated carbocycles. The lowest BCUT2D eigenvalue weighted by Crippen LogP contribution is -2.41. The lowest BCUT2D eigenvalue weighted by molar-refractivity contribution is 0.512. The molecule has 2 unspecified atom stereocenters. The fraction of sp³-hybridized carbons (Fsp3) is 1.00. The maximum Gasteiger partial charge on any atom is 0.215 e. The minimum atomic E-state index is -3.17. The van der Waals surface area contributed by atoms with E-state index in [0.29, 0.717) is 25.0 Å². The van der Waals surface area contributed by atoms with Crippen molar-refractivity contribution >= 4 is 10.0 Å². The second kappa shape index (κ2) is 7.25. The second-order valence-electron chi connectivity index (χ2n) is 4.78. The molecule has 0 spiro atoms. The van der Waals surface area contributed by atoms with Crippen LogP contribution < -0.4 is 10.0 Å². The molecule has 0 aliphatic carbocycles. The molecule has 5 heteroatoms. The van der Waals surface area contributed by atoms with Crippen LogP contribution in [0.1, 0.15) is 41.0 Å². The highest BCUT2D eigenvalue weighted by Crippen LogP contribution is 2.02. The summed E-state index contributed by atoms with van der Waals surface area (Å²) in [5.41, 5.74) is 0. The molecule has 2 N–H and O–H groups in total. The van der Waals surface area contributed by atoms with Gasteiger partial charge in [-0.2, -0.15) is 0 Å². The van der Waals surface area contributed by atoms with Gasteiger partial charge in [0, 0.05) is 19.1 Å². The Morgan fingerprint density at radius 2 is 1.62 bits per heavy atom. The number of hydrogen-bond acceptors (Lipinski definition) is 3. The van der Waals surface area contributed by atoms with Crippen molar-refractivity contribution < 1.29 is 8.42 Å². The first kappa shape index (κ1) is 15.9. The van der Waals surface area contributed by atoms with E-state index in [9.17, 15) is 8.42 Å². The maximum atomic E-state index is 11.8. The Balaban J connectivity index is 4.11. The highest BCUT2D eigenvalue weighted by Gasteiger charge is 2.20. The van der Waals surface area contributed by atoms with Gasteiger partial charge in [0.15, 0.2) is 0 Å². The maximum absolute atomic E-state index is 11.8. The lowest BCUT2D eigenvalue weighted by atomic mass is 10.1. The topological polar surface area (TPSA) is 58.2 Å². The van der Waals surface area contributed by atoms with Crippen molar-refractivity contribution in [3.63, 3.8) is 0 Å². The van der Waals surface area contributed by atoms with Crippen LogP contribution in [-0.4, -0.2) is 32.8 Å². The van der Waals surface area contributed by atoms with Gasteiger partial charge in [0.25, 0.3) is 0 Å². The van der Waals surface area contributed by atoms with Gasteiger partial charge in [-0.15, -0.1) is 0 Å². The molecular weight excluding hydrogens is 224 g/mol. The van der Waals surface area contributed by atoms with Gasteiger partial charge in [0.05, 0.1) is 5.25 Å². The zero-order chi connectivity index (χ0) is 12.8. The van der Waals surface area contributed by atoms with Gasteiger partial charge < -0.3 is 5.32 Å². The first-order valence-electron chi connectivity index (χ1n) is 6.01. The van der Waals surface area contributed by atoms with E-state index in [1.165, 1.54) is 0 Å². The van der Waals surface area contributed by atoms with Crippen molar-refractivity contribution in [2.45, 2.75) is 52.3 Å².